The number of carbonyl (C=O) groups excluding carboxylic acids is 1. The Hall–Kier alpha value is -2.83. The molecule has 4 rings (SSSR count). The van der Waals surface area contributed by atoms with Crippen LogP contribution in [0.5, 0.6) is 0 Å². The van der Waals surface area contributed by atoms with Gasteiger partial charge in [-0.05, 0) is 68.6 Å². The van der Waals surface area contributed by atoms with Crippen LogP contribution in [-0.4, -0.2) is 55.6 Å². The number of hydrogen-bond acceptors (Lipinski definition) is 5. The molecule has 0 spiro atoms. The molecule has 0 aliphatic carbocycles. The Kier molecular flexibility index (Phi) is 8.39. The van der Waals surface area contributed by atoms with Gasteiger partial charge in [-0.2, -0.15) is 0 Å². The van der Waals surface area contributed by atoms with Gasteiger partial charge in [0.25, 0.3) is 5.91 Å². The van der Waals surface area contributed by atoms with Gasteiger partial charge in [0.15, 0.2) is 0 Å². The van der Waals surface area contributed by atoms with Crippen molar-refractivity contribution in [1.82, 2.24) is 20.9 Å². The topological polar surface area (TPSA) is 68.4 Å². The minimum Gasteiger partial charge on any atom is -0.356 e. The van der Waals surface area contributed by atoms with Crippen molar-refractivity contribution in [1.29, 1.82) is 0 Å². The van der Waals surface area contributed by atoms with E-state index in [9.17, 15) is 4.79 Å². The van der Waals surface area contributed by atoms with Gasteiger partial charge in [-0.1, -0.05) is 36.8 Å². The van der Waals surface area contributed by atoms with Crippen LogP contribution in [0.25, 0.3) is 0 Å². The zero-order valence-electron chi connectivity index (χ0n) is 19.6. The van der Waals surface area contributed by atoms with Crippen molar-refractivity contribution in [2.24, 2.45) is 0 Å². The number of hydrogen-bond donors (Lipinski definition) is 4. The molecule has 2 heterocycles. The van der Waals surface area contributed by atoms with Crippen molar-refractivity contribution in [2.45, 2.75) is 44.7 Å². The molecule has 6 heteroatoms. The van der Waals surface area contributed by atoms with Gasteiger partial charge in [-0.3, -0.25) is 4.79 Å². The normalized spacial score (nSPS) is 21.5. The summed E-state index contributed by atoms with van der Waals surface area (Å²) in [5.41, 5.74) is 2.92. The third-order valence-corrected chi connectivity index (χ3v) is 6.38. The average Bonchev–Trinajstić information content (AvgIpc) is 2.85. The minimum atomic E-state index is -0.0319. The van der Waals surface area contributed by atoms with Crippen LogP contribution in [0.3, 0.4) is 0 Å². The third-order valence-electron chi connectivity index (χ3n) is 6.38. The predicted molar refractivity (Wildman–Crippen MR) is 135 cm³/mol. The molecule has 1 unspecified atom stereocenters. The fourth-order valence-corrected chi connectivity index (χ4v) is 4.51. The maximum atomic E-state index is 12.5. The summed E-state index contributed by atoms with van der Waals surface area (Å²) >= 11 is 0. The van der Waals surface area contributed by atoms with E-state index >= 15 is 0 Å². The Morgan fingerprint density at radius 2 is 1.88 bits per heavy atom. The highest BCUT2D eigenvalue weighted by Crippen LogP contribution is 2.18. The summed E-state index contributed by atoms with van der Waals surface area (Å²) in [6, 6.07) is 18.9. The SMILES string of the molecule is C[C@H]1CN(C(=CC2CCCCN2)Nc2ccc(C(=O)NCCc3ccccc3)cc2)CCN1. The highest BCUT2D eigenvalue weighted by molar-refractivity contribution is 5.94. The smallest absolute Gasteiger partial charge is 0.251 e. The molecule has 2 fully saturated rings. The quantitative estimate of drug-likeness (QED) is 0.500. The maximum Gasteiger partial charge on any atom is 0.251 e. The second-order valence-electron chi connectivity index (χ2n) is 9.10. The van der Waals surface area contributed by atoms with E-state index in [0.717, 1.165) is 44.1 Å². The number of piperazine rings is 1. The van der Waals surface area contributed by atoms with Crippen LogP contribution in [0.1, 0.15) is 42.1 Å². The highest BCUT2D eigenvalue weighted by Gasteiger charge is 2.20. The Morgan fingerprint density at radius 1 is 1.06 bits per heavy atom. The molecule has 0 radical (unpaired) electrons. The average molecular weight is 448 g/mol. The number of benzene rings is 2. The van der Waals surface area contributed by atoms with Crippen LogP contribution >= 0.6 is 0 Å². The summed E-state index contributed by atoms with van der Waals surface area (Å²) in [5, 5.41) is 13.8. The number of amides is 1. The molecule has 0 aromatic heterocycles. The van der Waals surface area contributed by atoms with E-state index in [0.29, 0.717) is 24.2 Å². The summed E-state index contributed by atoms with van der Waals surface area (Å²) in [4.78, 5) is 15.0. The fraction of sp³-hybridized carbons (Fsp3) is 0.444. The van der Waals surface area contributed by atoms with E-state index < -0.39 is 0 Å². The van der Waals surface area contributed by atoms with E-state index in [-0.39, 0.29) is 5.91 Å². The number of nitrogens with one attached hydrogen (secondary N) is 4. The third kappa shape index (κ3) is 7.07. The number of carbonyl (C=O) groups is 1. The summed E-state index contributed by atoms with van der Waals surface area (Å²) in [6.07, 6.45) is 6.88. The van der Waals surface area contributed by atoms with Gasteiger partial charge in [0.05, 0.1) is 0 Å². The molecule has 0 saturated carbocycles. The second kappa shape index (κ2) is 11.9. The van der Waals surface area contributed by atoms with E-state index in [1.54, 1.807) is 0 Å². The first-order valence-electron chi connectivity index (χ1n) is 12.3. The van der Waals surface area contributed by atoms with Gasteiger partial charge in [0, 0.05) is 49.5 Å². The number of nitrogens with zero attached hydrogens (tertiary/aromatic N) is 1. The van der Waals surface area contributed by atoms with E-state index in [1.807, 2.05) is 42.5 Å². The lowest BCUT2D eigenvalue weighted by Gasteiger charge is -2.36. The predicted octanol–water partition coefficient (Wildman–Crippen LogP) is 3.35. The van der Waals surface area contributed by atoms with Crippen LogP contribution in [0.4, 0.5) is 5.69 Å². The molecular formula is C27H37N5O. The zero-order valence-corrected chi connectivity index (χ0v) is 19.6. The first kappa shape index (κ1) is 23.3. The van der Waals surface area contributed by atoms with Crippen LogP contribution in [-0.2, 0) is 6.42 Å². The number of rotatable bonds is 8. The highest BCUT2D eigenvalue weighted by atomic mass is 16.1. The molecule has 1 amide bonds. The Labute approximate surface area is 197 Å². The van der Waals surface area contributed by atoms with Gasteiger partial charge >= 0.3 is 0 Å². The Balaban J connectivity index is 1.37. The lowest BCUT2D eigenvalue weighted by molar-refractivity contribution is 0.0954. The van der Waals surface area contributed by atoms with Crippen molar-refractivity contribution in [2.75, 3.05) is 38.0 Å². The summed E-state index contributed by atoms with van der Waals surface area (Å²) in [7, 11) is 0. The van der Waals surface area contributed by atoms with Crippen molar-refractivity contribution < 1.29 is 4.79 Å². The van der Waals surface area contributed by atoms with Gasteiger partial charge in [-0.25, -0.2) is 0 Å². The van der Waals surface area contributed by atoms with Crippen LogP contribution in [0.15, 0.2) is 66.5 Å². The lowest BCUT2D eigenvalue weighted by Crippen LogP contribution is -2.50. The molecule has 0 bridgehead atoms. The molecule has 2 saturated heterocycles. The van der Waals surface area contributed by atoms with Gasteiger partial charge in [0.1, 0.15) is 5.82 Å². The molecule has 2 aliphatic rings. The standard InChI is InChI=1S/C27H37N5O/c1-21-20-32(18-17-28-21)26(19-25-9-5-6-15-29-25)31-24-12-10-23(11-13-24)27(33)30-16-14-22-7-3-2-4-8-22/h2-4,7-8,10-13,19,21,25,28-29,31H,5-6,9,14-18,20H2,1H3,(H,30,33)/t21-,25?/m0/s1. The van der Waals surface area contributed by atoms with Gasteiger partial charge in [0.2, 0.25) is 0 Å². The van der Waals surface area contributed by atoms with E-state index in [1.165, 1.54) is 24.8 Å². The van der Waals surface area contributed by atoms with Crippen LogP contribution < -0.4 is 21.3 Å². The minimum absolute atomic E-state index is 0.0319. The summed E-state index contributed by atoms with van der Waals surface area (Å²) in [6.45, 7) is 6.89. The van der Waals surface area contributed by atoms with E-state index in [4.69, 9.17) is 0 Å². The summed E-state index contributed by atoms with van der Waals surface area (Å²) < 4.78 is 0. The van der Waals surface area contributed by atoms with Crippen molar-refractivity contribution >= 4 is 11.6 Å². The first-order valence-corrected chi connectivity index (χ1v) is 12.3. The molecule has 176 valence electrons. The first-order chi connectivity index (χ1) is 16.2. The van der Waals surface area contributed by atoms with Crippen LogP contribution in [0, 0.1) is 0 Å². The number of piperidine rings is 1. The van der Waals surface area contributed by atoms with Crippen molar-refractivity contribution in [3.8, 4) is 0 Å². The fourth-order valence-electron chi connectivity index (χ4n) is 4.51. The largest absolute Gasteiger partial charge is 0.356 e. The maximum absolute atomic E-state index is 12.5. The molecule has 6 nitrogen and oxygen atoms in total. The summed E-state index contributed by atoms with van der Waals surface area (Å²) in [5.74, 6) is 1.12. The number of anilines is 1. The van der Waals surface area contributed by atoms with E-state index in [2.05, 4.69) is 51.3 Å². The second-order valence-corrected chi connectivity index (χ2v) is 9.10. The molecule has 4 N–H and O–H groups in total. The van der Waals surface area contributed by atoms with Gasteiger partial charge in [-0.15, -0.1) is 0 Å². The Bertz CT molecular complexity index is 906. The molecular weight excluding hydrogens is 410 g/mol. The lowest BCUT2D eigenvalue weighted by atomic mass is 10.0. The van der Waals surface area contributed by atoms with Crippen molar-refractivity contribution in [3.63, 3.8) is 0 Å². The molecule has 2 aromatic rings. The molecule has 2 aliphatic heterocycles. The van der Waals surface area contributed by atoms with Crippen molar-refractivity contribution in [3.05, 3.63) is 77.6 Å². The molecule has 33 heavy (non-hydrogen) atoms. The monoisotopic (exact) mass is 447 g/mol. The molecule has 2 aromatic carbocycles. The van der Waals surface area contributed by atoms with Gasteiger partial charge < -0.3 is 26.2 Å². The molecule has 2 atom stereocenters. The zero-order chi connectivity index (χ0) is 22.9. The Morgan fingerprint density at radius 3 is 2.61 bits per heavy atom. The van der Waals surface area contributed by atoms with Crippen LogP contribution in [0.2, 0.25) is 0 Å².